The molecule has 0 spiro atoms. The van der Waals surface area contributed by atoms with E-state index < -0.39 is 5.91 Å². The van der Waals surface area contributed by atoms with Crippen molar-refractivity contribution in [3.63, 3.8) is 0 Å². The summed E-state index contributed by atoms with van der Waals surface area (Å²) in [7, 11) is 0. The molecule has 0 aromatic rings. The Morgan fingerprint density at radius 2 is 2.38 bits per heavy atom. The minimum absolute atomic E-state index is 0.371. The highest BCUT2D eigenvalue weighted by Gasteiger charge is 2.04. The molecule has 1 aliphatic heterocycles. The monoisotopic (exact) mass is 180 g/mol. The van der Waals surface area contributed by atoms with Crippen LogP contribution in [0.15, 0.2) is 41.1 Å². The normalized spacial score (nSPS) is 17.5. The number of carbonyl (C=O) groups excluding carboxylic acids is 1. The SMILES string of the molecule is NC(=O)C1=CN/C(=C/NN=O)C=C1. The number of hydrogen-bond acceptors (Lipinski definition) is 4. The first kappa shape index (κ1) is 8.98. The number of allylic oxidation sites excluding steroid dienone is 1. The van der Waals surface area contributed by atoms with E-state index in [-0.39, 0.29) is 0 Å². The number of primary amides is 1. The van der Waals surface area contributed by atoms with Crippen molar-refractivity contribution in [3.05, 3.63) is 40.7 Å². The van der Waals surface area contributed by atoms with Gasteiger partial charge in [-0.2, -0.15) is 0 Å². The molecular weight excluding hydrogens is 172 g/mol. The summed E-state index contributed by atoms with van der Waals surface area (Å²) in [5.74, 6) is -0.510. The third-order valence-corrected chi connectivity index (χ3v) is 1.39. The standard InChI is InChI=1S/C7H8N4O2/c8-7(12)5-1-2-6(9-3-5)4-10-11-13/h1-4,9H,(H2,8,12)(H,10,13)/b6-4+. The largest absolute Gasteiger partial charge is 0.366 e. The fourth-order valence-corrected chi connectivity index (χ4v) is 0.776. The molecule has 4 N–H and O–H groups in total. The Bertz CT molecular complexity index is 316. The number of hydrogen-bond donors (Lipinski definition) is 3. The lowest BCUT2D eigenvalue weighted by molar-refractivity contribution is -0.114. The molecule has 1 amide bonds. The van der Waals surface area contributed by atoms with Crippen LogP contribution in [0.4, 0.5) is 0 Å². The average molecular weight is 180 g/mol. The molecular formula is C7H8N4O2. The molecule has 0 unspecified atom stereocenters. The Hall–Kier alpha value is -2.11. The van der Waals surface area contributed by atoms with E-state index in [1.54, 1.807) is 6.08 Å². The predicted molar refractivity (Wildman–Crippen MR) is 46.6 cm³/mol. The zero-order valence-electron chi connectivity index (χ0n) is 6.65. The fraction of sp³-hybridized carbons (Fsp3) is 0. The third-order valence-electron chi connectivity index (χ3n) is 1.39. The van der Waals surface area contributed by atoms with E-state index >= 15 is 0 Å². The summed E-state index contributed by atoms with van der Waals surface area (Å²) in [4.78, 5) is 20.3. The van der Waals surface area contributed by atoms with Crippen LogP contribution in [0.25, 0.3) is 0 Å². The molecule has 1 rings (SSSR count). The van der Waals surface area contributed by atoms with Crippen LogP contribution in [0.1, 0.15) is 0 Å². The van der Waals surface area contributed by atoms with E-state index in [1.807, 2.05) is 0 Å². The minimum Gasteiger partial charge on any atom is -0.366 e. The van der Waals surface area contributed by atoms with Crippen molar-refractivity contribution in [1.29, 1.82) is 0 Å². The van der Waals surface area contributed by atoms with Crippen molar-refractivity contribution >= 4 is 5.91 Å². The molecule has 6 heteroatoms. The minimum atomic E-state index is -0.510. The Labute approximate surface area is 74.1 Å². The van der Waals surface area contributed by atoms with E-state index in [2.05, 4.69) is 16.0 Å². The van der Waals surface area contributed by atoms with Crippen molar-refractivity contribution in [1.82, 2.24) is 10.7 Å². The first-order valence-corrected chi connectivity index (χ1v) is 3.46. The van der Waals surface area contributed by atoms with E-state index in [1.165, 1.54) is 18.5 Å². The summed E-state index contributed by atoms with van der Waals surface area (Å²) in [5.41, 5.74) is 8.11. The van der Waals surface area contributed by atoms with Crippen molar-refractivity contribution < 1.29 is 4.79 Å². The summed E-state index contributed by atoms with van der Waals surface area (Å²) in [6.07, 6.45) is 5.94. The molecule has 1 aliphatic rings. The second-order valence-corrected chi connectivity index (χ2v) is 2.26. The lowest BCUT2D eigenvalue weighted by Gasteiger charge is -2.07. The first-order valence-electron chi connectivity index (χ1n) is 3.46. The molecule has 13 heavy (non-hydrogen) atoms. The predicted octanol–water partition coefficient (Wildman–Crippen LogP) is -0.373. The molecule has 1 heterocycles. The van der Waals surface area contributed by atoms with Gasteiger partial charge in [0, 0.05) is 12.4 Å². The molecule has 0 aromatic carbocycles. The summed E-state index contributed by atoms with van der Waals surface area (Å²) in [6.45, 7) is 0. The van der Waals surface area contributed by atoms with E-state index in [0.717, 1.165) is 0 Å². The lowest BCUT2D eigenvalue weighted by atomic mass is 10.2. The summed E-state index contributed by atoms with van der Waals surface area (Å²) in [6, 6.07) is 0. The van der Waals surface area contributed by atoms with E-state index in [4.69, 9.17) is 5.73 Å². The number of nitrogens with two attached hydrogens (primary N) is 1. The van der Waals surface area contributed by atoms with Gasteiger partial charge in [-0.15, -0.1) is 4.91 Å². The van der Waals surface area contributed by atoms with Crippen LogP contribution >= 0.6 is 0 Å². The molecule has 0 saturated carbocycles. The van der Waals surface area contributed by atoms with Gasteiger partial charge in [0.15, 0.2) is 0 Å². The molecule has 0 aromatic heterocycles. The van der Waals surface area contributed by atoms with Gasteiger partial charge < -0.3 is 11.1 Å². The zero-order chi connectivity index (χ0) is 9.68. The fourth-order valence-electron chi connectivity index (χ4n) is 0.776. The van der Waals surface area contributed by atoms with Crippen molar-refractivity contribution in [2.24, 2.45) is 11.0 Å². The van der Waals surface area contributed by atoms with Crippen LogP contribution in [-0.2, 0) is 4.79 Å². The highest BCUT2D eigenvalue weighted by Crippen LogP contribution is 2.04. The number of dihydropyridines is 1. The highest BCUT2D eigenvalue weighted by molar-refractivity contribution is 5.95. The Kier molecular flexibility index (Phi) is 2.80. The second-order valence-electron chi connectivity index (χ2n) is 2.26. The van der Waals surface area contributed by atoms with Gasteiger partial charge in [-0.3, -0.25) is 4.79 Å². The number of nitrogens with one attached hydrogen (secondary N) is 2. The van der Waals surface area contributed by atoms with Gasteiger partial charge >= 0.3 is 0 Å². The Morgan fingerprint density at radius 3 is 2.85 bits per heavy atom. The van der Waals surface area contributed by atoms with Crippen molar-refractivity contribution in [2.75, 3.05) is 0 Å². The lowest BCUT2D eigenvalue weighted by Crippen LogP contribution is -2.19. The molecule has 0 atom stereocenters. The maximum atomic E-state index is 10.6. The molecule has 68 valence electrons. The van der Waals surface area contributed by atoms with Gasteiger partial charge in [-0.25, -0.2) is 5.43 Å². The number of carbonyl (C=O) groups is 1. The number of rotatable bonds is 3. The van der Waals surface area contributed by atoms with Crippen LogP contribution in [0.5, 0.6) is 0 Å². The van der Waals surface area contributed by atoms with Crippen LogP contribution in [0.3, 0.4) is 0 Å². The second kappa shape index (κ2) is 4.05. The maximum Gasteiger partial charge on any atom is 0.250 e. The molecule has 6 nitrogen and oxygen atoms in total. The number of amides is 1. The third kappa shape index (κ3) is 2.44. The average Bonchev–Trinajstić information content (AvgIpc) is 2.15. The zero-order valence-corrected chi connectivity index (χ0v) is 6.65. The van der Waals surface area contributed by atoms with Gasteiger partial charge in [-0.1, -0.05) is 0 Å². The highest BCUT2D eigenvalue weighted by atomic mass is 16.3. The Balaban J connectivity index is 2.62. The molecule has 0 radical (unpaired) electrons. The quantitative estimate of drug-likeness (QED) is 0.407. The van der Waals surface area contributed by atoms with E-state index in [9.17, 15) is 9.70 Å². The molecule has 0 saturated heterocycles. The maximum absolute atomic E-state index is 10.6. The summed E-state index contributed by atoms with van der Waals surface area (Å²) in [5, 5.41) is 5.16. The number of nitroso groups, excluding NO2 is 1. The van der Waals surface area contributed by atoms with Crippen molar-refractivity contribution in [2.45, 2.75) is 0 Å². The van der Waals surface area contributed by atoms with Crippen LogP contribution < -0.4 is 16.5 Å². The van der Waals surface area contributed by atoms with Gasteiger partial charge in [-0.05, 0) is 12.2 Å². The molecule has 0 bridgehead atoms. The van der Waals surface area contributed by atoms with Gasteiger partial charge in [0.2, 0.25) is 5.91 Å². The van der Waals surface area contributed by atoms with Gasteiger partial charge in [0.1, 0.15) is 0 Å². The summed E-state index contributed by atoms with van der Waals surface area (Å²) >= 11 is 0. The Morgan fingerprint density at radius 1 is 1.62 bits per heavy atom. The molecule has 0 aliphatic carbocycles. The molecule has 0 fully saturated rings. The van der Waals surface area contributed by atoms with Crippen LogP contribution in [0, 0.1) is 4.91 Å². The van der Waals surface area contributed by atoms with Crippen LogP contribution in [-0.4, -0.2) is 5.91 Å². The van der Waals surface area contributed by atoms with Crippen LogP contribution in [0.2, 0.25) is 0 Å². The summed E-state index contributed by atoms with van der Waals surface area (Å²) < 4.78 is 0. The first-order chi connectivity index (χ1) is 6.24. The van der Waals surface area contributed by atoms with E-state index in [0.29, 0.717) is 11.3 Å². The van der Waals surface area contributed by atoms with Crippen molar-refractivity contribution in [3.8, 4) is 0 Å². The topological polar surface area (TPSA) is 96.6 Å². The number of nitrogens with zero attached hydrogens (tertiary/aromatic N) is 1. The van der Waals surface area contributed by atoms with Gasteiger partial charge in [0.25, 0.3) is 0 Å². The smallest absolute Gasteiger partial charge is 0.250 e. The van der Waals surface area contributed by atoms with Gasteiger partial charge in [0.05, 0.1) is 16.6 Å².